The number of alkyl halides is 3. The zero-order valence-electron chi connectivity index (χ0n) is 9.16. The lowest BCUT2D eigenvalue weighted by Crippen LogP contribution is -2.13. The lowest BCUT2D eigenvalue weighted by atomic mass is 10.2. The molecule has 2 aromatic rings. The van der Waals surface area contributed by atoms with Gasteiger partial charge >= 0.3 is 11.9 Å². The first-order chi connectivity index (χ1) is 9.12. The van der Waals surface area contributed by atoms with Crippen molar-refractivity contribution in [2.45, 2.75) is 6.18 Å². The molecule has 0 saturated heterocycles. The standard InChI is InChI=1S/C8H3F3N4O5/c9-8(10,11)7-12-6-4(13(7)16)1-3(14(17)18)2-5(6)15(19)20/h1-2,16H. The van der Waals surface area contributed by atoms with Crippen molar-refractivity contribution in [3.63, 3.8) is 0 Å². The van der Waals surface area contributed by atoms with E-state index in [9.17, 15) is 38.6 Å². The fourth-order valence-corrected chi connectivity index (χ4v) is 1.56. The van der Waals surface area contributed by atoms with Gasteiger partial charge in [0.05, 0.1) is 15.9 Å². The van der Waals surface area contributed by atoms with Crippen molar-refractivity contribution in [3.8, 4) is 0 Å². The number of rotatable bonds is 2. The molecule has 0 radical (unpaired) electrons. The van der Waals surface area contributed by atoms with E-state index in [-0.39, 0.29) is 0 Å². The topological polar surface area (TPSA) is 124 Å². The van der Waals surface area contributed by atoms with Crippen molar-refractivity contribution >= 4 is 22.4 Å². The summed E-state index contributed by atoms with van der Waals surface area (Å²) in [4.78, 5) is 22.1. The summed E-state index contributed by atoms with van der Waals surface area (Å²) in [5, 5.41) is 30.6. The van der Waals surface area contributed by atoms with Gasteiger partial charge in [-0.15, -0.1) is 0 Å². The van der Waals surface area contributed by atoms with Gasteiger partial charge in [-0.25, -0.2) is 4.98 Å². The molecule has 0 spiro atoms. The Morgan fingerprint density at radius 1 is 1.20 bits per heavy atom. The predicted octanol–water partition coefficient (Wildman–Crippen LogP) is 2.11. The van der Waals surface area contributed by atoms with Gasteiger partial charge in [0.25, 0.3) is 11.5 Å². The first kappa shape index (κ1) is 13.5. The molecule has 0 aliphatic heterocycles. The van der Waals surface area contributed by atoms with Crippen LogP contribution in [0.15, 0.2) is 12.1 Å². The maximum absolute atomic E-state index is 12.5. The summed E-state index contributed by atoms with van der Waals surface area (Å²) in [6, 6.07) is 1.03. The van der Waals surface area contributed by atoms with Crippen LogP contribution in [0.4, 0.5) is 24.5 Å². The van der Waals surface area contributed by atoms with Gasteiger partial charge in [-0.1, -0.05) is 0 Å². The molecule has 1 aromatic heterocycles. The smallest absolute Gasteiger partial charge is 0.426 e. The van der Waals surface area contributed by atoms with E-state index >= 15 is 0 Å². The Bertz CT molecular complexity index is 738. The number of benzene rings is 1. The summed E-state index contributed by atoms with van der Waals surface area (Å²) < 4.78 is 37.1. The van der Waals surface area contributed by atoms with E-state index in [0.717, 1.165) is 0 Å². The second kappa shape index (κ2) is 4.04. The second-order valence-corrected chi connectivity index (χ2v) is 3.59. The van der Waals surface area contributed by atoms with Gasteiger partial charge in [-0.2, -0.15) is 17.9 Å². The largest absolute Gasteiger partial charge is 0.453 e. The van der Waals surface area contributed by atoms with Crippen molar-refractivity contribution < 1.29 is 28.2 Å². The number of non-ortho nitro benzene ring substituents is 2. The molecule has 0 amide bonds. The molecule has 0 fully saturated rings. The first-order valence-electron chi connectivity index (χ1n) is 4.74. The molecule has 0 aliphatic carbocycles. The molecule has 2 rings (SSSR count). The molecule has 106 valence electrons. The number of nitro benzene ring substituents is 2. The number of fused-ring (bicyclic) bond motifs is 1. The Kier molecular flexibility index (Phi) is 2.73. The average molecular weight is 292 g/mol. The van der Waals surface area contributed by atoms with Crippen molar-refractivity contribution in [2.24, 2.45) is 0 Å². The molecule has 0 aliphatic rings. The number of hydrogen-bond donors (Lipinski definition) is 1. The monoisotopic (exact) mass is 292 g/mol. The Morgan fingerprint density at radius 2 is 1.80 bits per heavy atom. The lowest BCUT2D eigenvalue weighted by Gasteiger charge is -2.03. The third kappa shape index (κ3) is 1.96. The van der Waals surface area contributed by atoms with Crippen LogP contribution in [-0.4, -0.2) is 24.8 Å². The molecule has 0 bridgehead atoms. The zero-order valence-corrected chi connectivity index (χ0v) is 9.16. The van der Waals surface area contributed by atoms with E-state index < -0.39 is 49.0 Å². The van der Waals surface area contributed by atoms with Crippen LogP contribution in [0.25, 0.3) is 11.0 Å². The van der Waals surface area contributed by atoms with E-state index in [1.165, 1.54) is 0 Å². The van der Waals surface area contributed by atoms with Gasteiger partial charge in [0.15, 0.2) is 5.52 Å². The highest BCUT2D eigenvalue weighted by atomic mass is 19.4. The molecule has 9 nitrogen and oxygen atoms in total. The Morgan fingerprint density at radius 3 is 2.25 bits per heavy atom. The van der Waals surface area contributed by atoms with Gasteiger partial charge < -0.3 is 5.21 Å². The van der Waals surface area contributed by atoms with E-state index in [0.29, 0.717) is 12.1 Å². The van der Waals surface area contributed by atoms with Crippen molar-refractivity contribution in [1.82, 2.24) is 9.71 Å². The molecular weight excluding hydrogens is 289 g/mol. The number of hydrogen-bond acceptors (Lipinski definition) is 6. The van der Waals surface area contributed by atoms with Crippen LogP contribution in [-0.2, 0) is 6.18 Å². The Balaban J connectivity index is 2.90. The third-order valence-corrected chi connectivity index (χ3v) is 2.36. The highest BCUT2D eigenvalue weighted by molar-refractivity contribution is 5.87. The summed E-state index contributed by atoms with van der Waals surface area (Å²) in [5.74, 6) is -1.81. The van der Waals surface area contributed by atoms with E-state index in [1.807, 2.05) is 0 Å². The van der Waals surface area contributed by atoms with Crippen LogP contribution < -0.4 is 0 Å². The molecule has 1 N–H and O–H groups in total. The van der Waals surface area contributed by atoms with Crippen molar-refractivity contribution in [2.75, 3.05) is 0 Å². The van der Waals surface area contributed by atoms with Crippen LogP contribution in [0.2, 0.25) is 0 Å². The maximum Gasteiger partial charge on any atom is 0.453 e. The van der Waals surface area contributed by atoms with Gasteiger partial charge in [-0.05, 0) is 0 Å². The molecular formula is C8H3F3N4O5. The summed E-state index contributed by atoms with van der Waals surface area (Å²) in [6.45, 7) is 0. The Hall–Kier alpha value is -2.92. The van der Waals surface area contributed by atoms with E-state index in [4.69, 9.17) is 0 Å². The molecule has 0 atom stereocenters. The number of nitrogens with zero attached hydrogens (tertiary/aromatic N) is 4. The molecule has 0 unspecified atom stereocenters. The van der Waals surface area contributed by atoms with Crippen LogP contribution in [0.3, 0.4) is 0 Å². The van der Waals surface area contributed by atoms with Crippen LogP contribution in [0, 0.1) is 20.2 Å². The van der Waals surface area contributed by atoms with Crippen LogP contribution in [0.5, 0.6) is 0 Å². The average Bonchev–Trinajstić information content (AvgIpc) is 2.65. The fourth-order valence-electron chi connectivity index (χ4n) is 1.56. The Labute approximate surface area is 106 Å². The minimum Gasteiger partial charge on any atom is -0.426 e. The zero-order chi connectivity index (χ0) is 15.2. The third-order valence-electron chi connectivity index (χ3n) is 2.36. The summed E-state index contributed by atoms with van der Waals surface area (Å²) in [5.41, 5.74) is -3.42. The van der Waals surface area contributed by atoms with Crippen molar-refractivity contribution in [3.05, 3.63) is 38.2 Å². The first-order valence-corrected chi connectivity index (χ1v) is 4.74. The molecule has 20 heavy (non-hydrogen) atoms. The number of aromatic nitrogens is 2. The van der Waals surface area contributed by atoms with E-state index in [2.05, 4.69) is 4.98 Å². The fraction of sp³-hybridized carbons (Fsp3) is 0.125. The number of nitro groups is 2. The molecule has 1 aromatic carbocycles. The van der Waals surface area contributed by atoms with Crippen molar-refractivity contribution in [1.29, 1.82) is 0 Å². The predicted molar refractivity (Wildman–Crippen MR) is 55.2 cm³/mol. The van der Waals surface area contributed by atoms with E-state index in [1.54, 1.807) is 0 Å². The minimum atomic E-state index is -5.07. The molecule has 12 heteroatoms. The SMILES string of the molecule is O=[N+]([O-])c1cc([N+](=O)[O-])c2nc(C(F)(F)F)n(O)c2c1. The lowest BCUT2D eigenvalue weighted by molar-refractivity contribution is -0.393. The summed E-state index contributed by atoms with van der Waals surface area (Å²) >= 11 is 0. The van der Waals surface area contributed by atoms with Gasteiger partial charge in [0.2, 0.25) is 0 Å². The minimum absolute atomic E-state index is 0.463. The number of imidazole rings is 1. The second-order valence-electron chi connectivity index (χ2n) is 3.59. The van der Waals surface area contributed by atoms with Gasteiger partial charge in [0, 0.05) is 6.07 Å². The van der Waals surface area contributed by atoms with Crippen LogP contribution >= 0.6 is 0 Å². The molecule has 1 heterocycles. The normalized spacial score (nSPS) is 11.8. The number of halogens is 3. The van der Waals surface area contributed by atoms with Gasteiger partial charge in [0.1, 0.15) is 5.52 Å². The molecule has 0 saturated carbocycles. The van der Waals surface area contributed by atoms with Crippen LogP contribution in [0.1, 0.15) is 5.82 Å². The quantitative estimate of drug-likeness (QED) is 0.513. The highest BCUT2D eigenvalue weighted by Crippen LogP contribution is 2.35. The summed E-state index contributed by atoms with van der Waals surface area (Å²) in [6.07, 6.45) is -5.07. The van der Waals surface area contributed by atoms with Gasteiger partial charge in [-0.3, -0.25) is 20.2 Å². The maximum atomic E-state index is 12.5. The highest BCUT2D eigenvalue weighted by Gasteiger charge is 2.40. The summed E-state index contributed by atoms with van der Waals surface area (Å²) in [7, 11) is 0.